The van der Waals surface area contributed by atoms with Crippen LogP contribution in [0.1, 0.15) is 31.4 Å². The summed E-state index contributed by atoms with van der Waals surface area (Å²) in [7, 11) is 6.66. The van der Waals surface area contributed by atoms with Gasteiger partial charge in [-0.1, -0.05) is 0 Å². The van der Waals surface area contributed by atoms with Crippen LogP contribution < -0.4 is 14.8 Å². The fraction of sp³-hybridized carbons (Fsp3) is 0.417. The van der Waals surface area contributed by atoms with Crippen LogP contribution in [0.3, 0.4) is 0 Å². The maximum Gasteiger partial charge on any atom is 0.266 e. The number of carbonyl (C=O) groups excluding carboxylic acids is 2. The van der Waals surface area contributed by atoms with E-state index in [4.69, 9.17) is 14.2 Å². The van der Waals surface area contributed by atoms with Crippen LogP contribution >= 0.6 is 11.3 Å². The monoisotopic (exact) mass is 499 g/mol. The van der Waals surface area contributed by atoms with E-state index in [0.717, 1.165) is 13.1 Å². The van der Waals surface area contributed by atoms with Gasteiger partial charge in [-0.05, 0) is 37.7 Å². The highest BCUT2D eigenvalue weighted by Gasteiger charge is 2.24. The first-order chi connectivity index (χ1) is 16.9. The van der Waals surface area contributed by atoms with Crippen LogP contribution in [0, 0.1) is 6.92 Å². The summed E-state index contributed by atoms with van der Waals surface area (Å²) < 4.78 is 16.0. The van der Waals surface area contributed by atoms with Gasteiger partial charge in [0, 0.05) is 38.9 Å². The highest BCUT2D eigenvalue weighted by Crippen LogP contribution is 2.36. The van der Waals surface area contributed by atoms with E-state index in [-0.39, 0.29) is 18.4 Å². The smallest absolute Gasteiger partial charge is 0.266 e. The zero-order valence-electron chi connectivity index (χ0n) is 20.5. The van der Waals surface area contributed by atoms with Crippen LogP contribution in [0.4, 0.5) is 5.69 Å². The molecule has 3 aromatic rings. The highest BCUT2D eigenvalue weighted by molar-refractivity contribution is 7.20. The predicted molar refractivity (Wildman–Crippen MR) is 134 cm³/mol. The third kappa shape index (κ3) is 5.07. The van der Waals surface area contributed by atoms with E-state index in [0.29, 0.717) is 62.5 Å². The number of rotatable bonds is 7. The van der Waals surface area contributed by atoms with E-state index in [2.05, 4.69) is 20.2 Å². The molecule has 4 rings (SSSR count). The Kier molecular flexibility index (Phi) is 7.48. The van der Waals surface area contributed by atoms with Crippen LogP contribution in [0.25, 0.3) is 10.2 Å². The fourth-order valence-corrected chi connectivity index (χ4v) is 5.10. The molecule has 3 heterocycles. The summed E-state index contributed by atoms with van der Waals surface area (Å²) in [5.41, 5.74) is 1.63. The number of amides is 2. The van der Waals surface area contributed by atoms with E-state index >= 15 is 0 Å². The number of likely N-dealkylation sites (N-methyl/N-ethyl adjacent to an activating group) is 1. The van der Waals surface area contributed by atoms with Gasteiger partial charge in [-0.25, -0.2) is 4.98 Å². The zero-order valence-corrected chi connectivity index (χ0v) is 21.3. The van der Waals surface area contributed by atoms with Crippen molar-refractivity contribution < 1.29 is 23.8 Å². The maximum absolute atomic E-state index is 13.3. The molecular weight excluding hydrogens is 470 g/mol. The minimum Gasteiger partial charge on any atom is -0.495 e. The third-order valence-electron chi connectivity index (χ3n) is 5.96. The molecule has 1 N–H and O–H groups in total. The molecule has 1 aliphatic rings. The van der Waals surface area contributed by atoms with Crippen molar-refractivity contribution in [3.63, 3.8) is 0 Å². The van der Waals surface area contributed by atoms with Gasteiger partial charge in [0.2, 0.25) is 5.88 Å². The molecule has 0 aliphatic carbocycles. The maximum atomic E-state index is 13.3. The number of carbonyl (C=O) groups is 2. The van der Waals surface area contributed by atoms with Gasteiger partial charge in [-0.2, -0.15) is 4.98 Å². The van der Waals surface area contributed by atoms with Crippen LogP contribution in [-0.2, 0) is 11.3 Å². The molecule has 186 valence electrons. The van der Waals surface area contributed by atoms with Gasteiger partial charge < -0.3 is 29.3 Å². The van der Waals surface area contributed by atoms with Crippen LogP contribution in [-0.4, -0.2) is 86.1 Å². The van der Waals surface area contributed by atoms with Crippen molar-refractivity contribution in [1.82, 2.24) is 19.8 Å². The average Bonchev–Trinajstić information content (AvgIpc) is 3.20. The summed E-state index contributed by atoms with van der Waals surface area (Å²) in [6, 6.07) is 5.08. The number of hydrogen-bond acceptors (Lipinski definition) is 9. The lowest BCUT2D eigenvalue weighted by atomic mass is 10.1. The van der Waals surface area contributed by atoms with Crippen LogP contribution in [0.5, 0.6) is 11.6 Å². The van der Waals surface area contributed by atoms with Crippen molar-refractivity contribution in [2.24, 2.45) is 0 Å². The molecule has 35 heavy (non-hydrogen) atoms. The summed E-state index contributed by atoms with van der Waals surface area (Å²) in [6.45, 7) is 5.05. The van der Waals surface area contributed by atoms with E-state index in [1.165, 1.54) is 25.6 Å². The summed E-state index contributed by atoms with van der Waals surface area (Å²) in [4.78, 5) is 40.4. The molecular formula is C24H29N5O5S. The van der Waals surface area contributed by atoms with Crippen molar-refractivity contribution in [3.8, 4) is 11.6 Å². The van der Waals surface area contributed by atoms with Gasteiger partial charge in [-0.3, -0.25) is 9.59 Å². The minimum atomic E-state index is -0.330. The number of anilines is 1. The Bertz CT molecular complexity index is 1250. The molecule has 10 nitrogen and oxygen atoms in total. The topological polar surface area (TPSA) is 106 Å². The van der Waals surface area contributed by atoms with E-state index in [9.17, 15) is 9.59 Å². The number of ether oxygens (including phenoxy) is 3. The summed E-state index contributed by atoms with van der Waals surface area (Å²) in [5.74, 6) is 0.934. The molecule has 0 bridgehead atoms. The Labute approximate surface area is 207 Å². The van der Waals surface area contributed by atoms with Crippen molar-refractivity contribution in [2.75, 3.05) is 59.9 Å². The van der Waals surface area contributed by atoms with Crippen molar-refractivity contribution >= 4 is 39.1 Å². The quantitative estimate of drug-likeness (QED) is 0.529. The zero-order chi connectivity index (χ0) is 25.1. The number of nitrogens with one attached hydrogen (secondary N) is 1. The number of fused-ring (bicyclic) bond motifs is 1. The molecule has 0 saturated carbocycles. The van der Waals surface area contributed by atoms with Gasteiger partial charge in [0.15, 0.2) is 5.82 Å². The highest BCUT2D eigenvalue weighted by atomic mass is 32.1. The number of aryl methyl sites for hydroxylation is 1. The standard InChI is InChI=1S/C24H29N5O5S/c1-14-19-22(34-5)26-18(13-32-3)27-23(19)35-20(14)21(30)25-16-12-15(6-7-17(16)33-4)24(31)29-10-8-28(2)9-11-29/h6-7,12H,8-11,13H2,1-5H3,(H,25,30). The average molecular weight is 500 g/mol. The number of methoxy groups -OCH3 is 3. The minimum absolute atomic E-state index is 0.0695. The van der Waals surface area contributed by atoms with Crippen LogP contribution in [0.2, 0.25) is 0 Å². The van der Waals surface area contributed by atoms with Gasteiger partial charge in [-0.15, -0.1) is 11.3 Å². The van der Waals surface area contributed by atoms with Crippen molar-refractivity contribution in [1.29, 1.82) is 0 Å². The number of hydrogen-bond donors (Lipinski definition) is 1. The number of benzene rings is 1. The molecule has 0 unspecified atom stereocenters. The Morgan fingerprint density at radius 3 is 2.49 bits per heavy atom. The van der Waals surface area contributed by atoms with Gasteiger partial charge >= 0.3 is 0 Å². The first kappa shape index (κ1) is 24.8. The second-order valence-corrected chi connectivity index (χ2v) is 9.28. The lowest BCUT2D eigenvalue weighted by Gasteiger charge is -2.32. The molecule has 1 aromatic carbocycles. The molecule has 0 radical (unpaired) electrons. The van der Waals surface area contributed by atoms with Crippen LogP contribution in [0.15, 0.2) is 18.2 Å². The number of aromatic nitrogens is 2. The van der Waals surface area contributed by atoms with Crippen molar-refractivity contribution in [3.05, 3.63) is 40.0 Å². The molecule has 2 amide bonds. The largest absolute Gasteiger partial charge is 0.495 e. The Balaban J connectivity index is 1.63. The van der Waals surface area contributed by atoms with Gasteiger partial charge in [0.25, 0.3) is 11.8 Å². The summed E-state index contributed by atoms with van der Waals surface area (Å²) >= 11 is 1.25. The van der Waals surface area contributed by atoms with E-state index in [1.54, 1.807) is 25.3 Å². The van der Waals surface area contributed by atoms with Gasteiger partial charge in [0.1, 0.15) is 17.2 Å². The van der Waals surface area contributed by atoms with Gasteiger partial charge in [0.05, 0.1) is 30.2 Å². The Morgan fingerprint density at radius 1 is 1.09 bits per heavy atom. The Hall–Kier alpha value is -3.28. The molecule has 0 spiro atoms. The lowest BCUT2D eigenvalue weighted by Crippen LogP contribution is -2.47. The molecule has 2 aromatic heterocycles. The fourth-order valence-electron chi connectivity index (χ4n) is 4.01. The first-order valence-electron chi connectivity index (χ1n) is 11.2. The lowest BCUT2D eigenvalue weighted by molar-refractivity contribution is 0.0664. The van der Waals surface area contributed by atoms with E-state index < -0.39 is 0 Å². The molecule has 11 heteroatoms. The molecule has 1 fully saturated rings. The van der Waals surface area contributed by atoms with E-state index in [1.807, 2.05) is 18.9 Å². The molecule has 1 aliphatic heterocycles. The number of piperazine rings is 1. The molecule has 0 atom stereocenters. The normalized spacial score (nSPS) is 14.3. The first-order valence-corrected chi connectivity index (χ1v) is 12.0. The summed E-state index contributed by atoms with van der Waals surface area (Å²) in [6.07, 6.45) is 0. The Morgan fingerprint density at radius 2 is 1.83 bits per heavy atom. The second-order valence-electron chi connectivity index (χ2n) is 8.28. The van der Waals surface area contributed by atoms with Crippen molar-refractivity contribution in [2.45, 2.75) is 13.5 Å². The predicted octanol–water partition coefficient (Wildman–Crippen LogP) is 2.80. The second kappa shape index (κ2) is 10.5. The number of nitrogens with zero attached hydrogens (tertiary/aromatic N) is 4. The SMILES string of the molecule is COCc1nc(OC)c2c(C)c(C(=O)Nc3cc(C(=O)N4CCN(C)CC4)ccc3OC)sc2n1. The third-order valence-corrected chi connectivity index (χ3v) is 7.15. The molecule has 1 saturated heterocycles. The summed E-state index contributed by atoms with van der Waals surface area (Å²) in [5, 5.41) is 3.60. The number of thiophene rings is 1.